The number of rotatable bonds is 5. The summed E-state index contributed by atoms with van der Waals surface area (Å²) in [7, 11) is -3.03. The van der Waals surface area contributed by atoms with Crippen molar-refractivity contribution in [2.24, 2.45) is 11.5 Å². The first kappa shape index (κ1) is 23.3. The molecule has 1 fully saturated rings. The lowest BCUT2D eigenvalue weighted by Crippen LogP contribution is -2.35. The van der Waals surface area contributed by atoms with Crippen LogP contribution in [0.2, 0.25) is 0 Å². The van der Waals surface area contributed by atoms with E-state index in [1.165, 1.54) is 31.7 Å². The molecular formula is C21H24F3N6O2P. The Bertz CT molecular complexity index is 1280. The Morgan fingerprint density at radius 1 is 1.27 bits per heavy atom. The second-order valence-corrected chi connectivity index (χ2v) is 11.7. The second kappa shape index (κ2) is 8.14. The second-order valence-electron chi connectivity index (χ2n) is 8.60. The van der Waals surface area contributed by atoms with E-state index in [4.69, 9.17) is 11.5 Å². The highest BCUT2D eigenvalue weighted by Crippen LogP contribution is 2.43. The van der Waals surface area contributed by atoms with Crippen molar-refractivity contribution in [2.45, 2.75) is 37.5 Å². The highest BCUT2D eigenvalue weighted by Gasteiger charge is 2.37. The highest BCUT2D eigenvalue weighted by atomic mass is 31.2. The third-order valence-electron chi connectivity index (χ3n) is 5.87. The van der Waals surface area contributed by atoms with Crippen molar-refractivity contribution in [3.8, 4) is 11.3 Å². The first-order valence-electron chi connectivity index (χ1n) is 10.3. The maximum atomic E-state index is 13.8. The molecule has 1 aliphatic rings. The molecule has 2 heterocycles. The largest absolute Gasteiger partial charge is 0.419 e. The van der Waals surface area contributed by atoms with Crippen LogP contribution in [0.4, 0.5) is 19.1 Å². The summed E-state index contributed by atoms with van der Waals surface area (Å²) in [4.78, 5) is 22.9. The number of nitrogens with two attached hydrogens (primary N) is 2. The molecule has 0 saturated heterocycles. The van der Waals surface area contributed by atoms with Gasteiger partial charge >= 0.3 is 6.18 Å². The Labute approximate surface area is 187 Å². The van der Waals surface area contributed by atoms with Gasteiger partial charge in [-0.05, 0) is 38.7 Å². The highest BCUT2D eigenvalue weighted by molar-refractivity contribution is 7.70. The number of aromatic amines is 1. The predicted molar refractivity (Wildman–Crippen MR) is 121 cm³/mol. The maximum Gasteiger partial charge on any atom is 0.419 e. The zero-order valence-electron chi connectivity index (χ0n) is 18.0. The fraction of sp³-hybridized carbons (Fsp3) is 0.381. The van der Waals surface area contributed by atoms with E-state index >= 15 is 0 Å². The number of fused-ring (bicyclic) bond motifs is 1. The van der Waals surface area contributed by atoms with Crippen molar-refractivity contribution in [2.75, 3.05) is 18.6 Å². The van der Waals surface area contributed by atoms with Crippen LogP contribution in [0.15, 0.2) is 24.5 Å². The van der Waals surface area contributed by atoms with E-state index in [-0.39, 0.29) is 45.7 Å². The number of amides is 1. The average molecular weight is 480 g/mol. The fourth-order valence-electron chi connectivity index (χ4n) is 4.34. The van der Waals surface area contributed by atoms with Crippen LogP contribution in [0, 0.1) is 0 Å². The van der Waals surface area contributed by atoms with Gasteiger partial charge in [-0.3, -0.25) is 4.79 Å². The van der Waals surface area contributed by atoms with Gasteiger partial charge in [-0.1, -0.05) is 6.07 Å². The van der Waals surface area contributed by atoms with Crippen molar-refractivity contribution in [3.05, 3.63) is 35.7 Å². The van der Waals surface area contributed by atoms with E-state index in [1.807, 2.05) is 0 Å². The number of primary amides is 1. The number of alkyl halides is 3. The molecule has 2 atom stereocenters. The van der Waals surface area contributed by atoms with Crippen molar-refractivity contribution in [3.63, 3.8) is 0 Å². The van der Waals surface area contributed by atoms with Gasteiger partial charge in [-0.25, -0.2) is 9.97 Å². The van der Waals surface area contributed by atoms with Crippen LogP contribution in [0.5, 0.6) is 0 Å². The van der Waals surface area contributed by atoms with Crippen molar-refractivity contribution in [1.82, 2.24) is 15.0 Å². The lowest BCUT2D eigenvalue weighted by atomic mass is 10.0. The average Bonchev–Trinajstić information content (AvgIpc) is 3.31. The molecule has 6 N–H and O–H groups in total. The molecule has 1 aromatic carbocycles. The fourth-order valence-corrected chi connectivity index (χ4v) is 5.82. The van der Waals surface area contributed by atoms with E-state index in [2.05, 4.69) is 20.3 Å². The molecule has 0 unspecified atom stereocenters. The number of H-pyrrole nitrogens is 1. The van der Waals surface area contributed by atoms with Gasteiger partial charge in [-0.2, -0.15) is 13.2 Å². The van der Waals surface area contributed by atoms with Crippen LogP contribution in [-0.2, 0) is 10.7 Å². The number of nitrogens with one attached hydrogen (secondary N) is 2. The number of benzene rings is 1. The van der Waals surface area contributed by atoms with Gasteiger partial charge in [0.1, 0.15) is 12.7 Å². The smallest absolute Gasteiger partial charge is 0.366 e. The Morgan fingerprint density at radius 3 is 2.58 bits per heavy atom. The van der Waals surface area contributed by atoms with Crippen LogP contribution in [0.3, 0.4) is 0 Å². The molecule has 3 aromatic rings. The molecule has 176 valence electrons. The van der Waals surface area contributed by atoms with Gasteiger partial charge < -0.3 is 26.3 Å². The lowest BCUT2D eigenvalue weighted by molar-refractivity contribution is -0.137. The van der Waals surface area contributed by atoms with Crippen LogP contribution < -0.4 is 22.1 Å². The third kappa shape index (κ3) is 4.35. The summed E-state index contributed by atoms with van der Waals surface area (Å²) in [6.45, 7) is 2.93. The molecule has 0 aliphatic heterocycles. The van der Waals surface area contributed by atoms with E-state index < -0.39 is 24.8 Å². The summed E-state index contributed by atoms with van der Waals surface area (Å²) in [6.07, 6.45) is -0.109. The maximum absolute atomic E-state index is 13.8. The van der Waals surface area contributed by atoms with E-state index in [0.717, 1.165) is 25.5 Å². The minimum atomic E-state index is -4.71. The Morgan fingerprint density at radius 2 is 2.00 bits per heavy atom. The molecule has 1 saturated carbocycles. The molecule has 1 amide bonds. The van der Waals surface area contributed by atoms with Gasteiger partial charge in [0.25, 0.3) is 0 Å². The standard InChI is InChI=1S/C21H24F3N6O2P/c1-33(2,32)18-11(19(26)31)7-6-10-12(8-27-17(10)18)16-13(21(22,23)24)9-28-20(30-16)29-15-5-3-4-14(15)25/h6-9,14-15,27H,3-5,25H2,1-2H3,(H2,26,31)(H,28,29,30)/t14-,15-/m0/s1. The van der Waals surface area contributed by atoms with E-state index in [1.54, 1.807) is 0 Å². The molecule has 1 aliphatic carbocycles. The number of carbonyl (C=O) groups is 1. The summed E-state index contributed by atoms with van der Waals surface area (Å²) in [5.74, 6) is -0.732. The molecule has 8 nitrogen and oxygen atoms in total. The van der Waals surface area contributed by atoms with Gasteiger partial charge in [0.15, 0.2) is 0 Å². The van der Waals surface area contributed by atoms with Gasteiger partial charge in [0.05, 0.1) is 16.8 Å². The van der Waals surface area contributed by atoms with Gasteiger partial charge in [0, 0.05) is 40.7 Å². The number of hydrogen-bond donors (Lipinski definition) is 4. The number of halogens is 3. The summed E-state index contributed by atoms with van der Waals surface area (Å²) in [5.41, 5.74) is 10.6. The van der Waals surface area contributed by atoms with Gasteiger partial charge in [0.2, 0.25) is 11.9 Å². The first-order chi connectivity index (χ1) is 15.4. The van der Waals surface area contributed by atoms with Crippen LogP contribution in [-0.4, -0.2) is 46.3 Å². The van der Waals surface area contributed by atoms with Crippen LogP contribution in [0.25, 0.3) is 22.2 Å². The number of carbonyl (C=O) groups excluding carboxylic acids is 1. The molecule has 0 spiro atoms. The lowest BCUT2D eigenvalue weighted by Gasteiger charge is -2.19. The molecule has 4 rings (SSSR count). The minimum Gasteiger partial charge on any atom is -0.366 e. The zero-order chi connectivity index (χ0) is 24.1. The normalized spacial score (nSPS) is 19.2. The quantitative estimate of drug-likeness (QED) is 0.413. The Hall–Kier alpha value is -2.91. The third-order valence-corrected chi connectivity index (χ3v) is 7.41. The van der Waals surface area contributed by atoms with Gasteiger partial charge in [-0.15, -0.1) is 0 Å². The van der Waals surface area contributed by atoms with E-state index in [0.29, 0.717) is 5.39 Å². The van der Waals surface area contributed by atoms with Crippen molar-refractivity contribution >= 4 is 35.2 Å². The molecule has 2 aromatic heterocycles. The molecule has 12 heteroatoms. The predicted octanol–water partition coefficient (Wildman–Crippen LogP) is 3.28. The molecule has 0 radical (unpaired) electrons. The monoisotopic (exact) mass is 480 g/mol. The summed E-state index contributed by atoms with van der Waals surface area (Å²) in [6, 6.07) is 2.59. The number of hydrogen-bond acceptors (Lipinski definition) is 6. The summed E-state index contributed by atoms with van der Waals surface area (Å²) in [5, 5.41) is 3.58. The number of nitrogens with zero attached hydrogens (tertiary/aromatic N) is 2. The Kier molecular flexibility index (Phi) is 5.74. The zero-order valence-corrected chi connectivity index (χ0v) is 18.9. The first-order valence-corrected chi connectivity index (χ1v) is 12.9. The van der Waals surface area contributed by atoms with E-state index in [9.17, 15) is 22.5 Å². The van der Waals surface area contributed by atoms with Crippen LogP contribution in [0.1, 0.15) is 35.2 Å². The molecular weight excluding hydrogens is 456 g/mol. The Balaban J connectivity index is 1.92. The number of aromatic nitrogens is 3. The molecule has 33 heavy (non-hydrogen) atoms. The van der Waals surface area contributed by atoms with Crippen molar-refractivity contribution in [1.29, 1.82) is 0 Å². The summed E-state index contributed by atoms with van der Waals surface area (Å²) < 4.78 is 54.5. The minimum absolute atomic E-state index is 0.0420. The van der Waals surface area contributed by atoms with Crippen LogP contribution >= 0.6 is 7.14 Å². The number of anilines is 1. The molecule has 0 bridgehead atoms. The topological polar surface area (TPSA) is 140 Å². The van der Waals surface area contributed by atoms with Crippen molar-refractivity contribution < 1.29 is 22.5 Å². The summed E-state index contributed by atoms with van der Waals surface area (Å²) >= 11 is 0. The SMILES string of the molecule is CP(C)(=O)c1c(C(N)=O)ccc2c(-c3nc(N[C@H]4CCC[C@@H]4N)ncc3C(F)(F)F)c[nH]c12.